The molecule has 2 amide bonds. The van der Waals surface area contributed by atoms with E-state index in [0.29, 0.717) is 25.4 Å². The summed E-state index contributed by atoms with van der Waals surface area (Å²) in [5.41, 5.74) is 3.47. The van der Waals surface area contributed by atoms with Crippen LogP contribution in [0.25, 0.3) is 0 Å². The normalized spacial score (nSPS) is 11.9. The van der Waals surface area contributed by atoms with E-state index in [1.165, 1.54) is 11.1 Å². The van der Waals surface area contributed by atoms with Crippen molar-refractivity contribution in [1.82, 2.24) is 10.2 Å². The summed E-state index contributed by atoms with van der Waals surface area (Å²) in [4.78, 5) is 27.4. The van der Waals surface area contributed by atoms with Gasteiger partial charge in [0, 0.05) is 31.0 Å². The molecule has 2 aromatic carbocycles. The lowest BCUT2D eigenvalue weighted by Crippen LogP contribution is -2.48. The first kappa shape index (κ1) is 24.0. The van der Waals surface area contributed by atoms with Gasteiger partial charge in [0.2, 0.25) is 11.8 Å². The first-order valence-corrected chi connectivity index (χ1v) is 11.8. The van der Waals surface area contributed by atoms with Gasteiger partial charge in [-0.15, -0.1) is 0 Å². The first-order valence-electron chi connectivity index (χ1n) is 10.6. The van der Waals surface area contributed by atoms with Crippen LogP contribution in [0.2, 0.25) is 0 Å². The molecule has 2 aromatic rings. The second-order valence-electron chi connectivity index (χ2n) is 8.11. The standard InChI is InChI=1S/C25H34N2O2S/c1-19(2)16-26-25(29)21(4)27(17-22-12-10-20(3)11-13-22)24(28)14-15-30-18-23-8-6-5-7-9-23/h5-13,19,21H,14-18H2,1-4H3,(H,26,29)/t21-/m1/s1. The summed E-state index contributed by atoms with van der Waals surface area (Å²) in [6, 6.07) is 17.9. The van der Waals surface area contributed by atoms with E-state index >= 15 is 0 Å². The van der Waals surface area contributed by atoms with E-state index in [0.717, 1.165) is 17.1 Å². The predicted octanol–water partition coefficient (Wildman–Crippen LogP) is 4.81. The molecule has 4 nitrogen and oxygen atoms in total. The van der Waals surface area contributed by atoms with E-state index in [-0.39, 0.29) is 11.8 Å². The molecule has 0 saturated carbocycles. The van der Waals surface area contributed by atoms with Gasteiger partial charge in [-0.25, -0.2) is 0 Å². The highest BCUT2D eigenvalue weighted by atomic mass is 32.2. The Bertz CT molecular complexity index is 791. The van der Waals surface area contributed by atoms with Crippen LogP contribution in [-0.4, -0.2) is 35.1 Å². The van der Waals surface area contributed by atoms with Crippen LogP contribution in [0.15, 0.2) is 54.6 Å². The van der Waals surface area contributed by atoms with Crippen molar-refractivity contribution in [2.45, 2.75) is 52.5 Å². The summed E-state index contributed by atoms with van der Waals surface area (Å²) < 4.78 is 0. The Hall–Kier alpha value is -2.27. The second kappa shape index (κ2) is 12.4. The van der Waals surface area contributed by atoms with E-state index in [9.17, 15) is 9.59 Å². The molecular weight excluding hydrogens is 392 g/mol. The van der Waals surface area contributed by atoms with Gasteiger partial charge in [-0.05, 0) is 30.9 Å². The molecule has 0 radical (unpaired) electrons. The number of carbonyl (C=O) groups is 2. The number of thioether (sulfide) groups is 1. The number of hydrogen-bond donors (Lipinski definition) is 1. The quantitative estimate of drug-likeness (QED) is 0.525. The molecule has 5 heteroatoms. The topological polar surface area (TPSA) is 49.4 Å². The summed E-state index contributed by atoms with van der Waals surface area (Å²) in [6.45, 7) is 9.03. The Morgan fingerprint density at radius 1 is 0.967 bits per heavy atom. The molecular formula is C25H34N2O2S. The van der Waals surface area contributed by atoms with Crippen LogP contribution in [-0.2, 0) is 21.9 Å². The van der Waals surface area contributed by atoms with Gasteiger partial charge >= 0.3 is 0 Å². The lowest BCUT2D eigenvalue weighted by molar-refractivity contribution is -0.140. The summed E-state index contributed by atoms with van der Waals surface area (Å²) in [5.74, 6) is 1.91. The Kier molecular flexibility index (Phi) is 9.95. The van der Waals surface area contributed by atoms with Crippen molar-refractivity contribution in [3.8, 4) is 0 Å². The summed E-state index contributed by atoms with van der Waals surface area (Å²) in [5, 5.41) is 2.96. The summed E-state index contributed by atoms with van der Waals surface area (Å²) in [7, 11) is 0. The smallest absolute Gasteiger partial charge is 0.242 e. The van der Waals surface area contributed by atoms with Crippen molar-refractivity contribution in [2.75, 3.05) is 12.3 Å². The van der Waals surface area contributed by atoms with Crippen LogP contribution in [0.4, 0.5) is 0 Å². The third-order valence-corrected chi connectivity index (χ3v) is 5.93. The average molecular weight is 427 g/mol. The molecule has 1 N–H and O–H groups in total. The van der Waals surface area contributed by atoms with E-state index in [1.807, 2.05) is 56.3 Å². The van der Waals surface area contributed by atoms with Gasteiger partial charge in [-0.1, -0.05) is 74.0 Å². The summed E-state index contributed by atoms with van der Waals surface area (Å²) >= 11 is 1.75. The van der Waals surface area contributed by atoms with Gasteiger partial charge in [0.05, 0.1) is 0 Å². The molecule has 0 aliphatic carbocycles. The van der Waals surface area contributed by atoms with E-state index in [4.69, 9.17) is 0 Å². The lowest BCUT2D eigenvalue weighted by Gasteiger charge is -2.29. The molecule has 0 fully saturated rings. The first-order chi connectivity index (χ1) is 14.4. The highest BCUT2D eigenvalue weighted by Gasteiger charge is 2.25. The van der Waals surface area contributed by atoms with Crippen LogP contribution in [0, 0.1) is 12.8 Å². The Morgan fingerprint density at radius 2 is 1.63 bits per heavy atom. The van der Waals surface area contributed by atoms with Crippen molar-refractivity contribution in [3.63, 3.8) is 0 Å². The molecule has 0 aliphatic rings. The Morgan fingerprint density at radius 3 is 2.27 bits per heavy atom. The molecule has 0 spiro atoms. The minimum atomic E-state index is -0.503. The second-order valence-corrected chi connectivity index (χ2v) is 9.22. The Labute approximate surface area is 185 Å². The number of rotatable bonds is 11. The largest absolute Gasteiger partial charge is 0.354 e. The monoisotopic (exact) mass is 426 g/mol. The molecule has 0 bridgehead atoms. The fourth-order valence-corrected chi connectivity index (χ4v) is 3.88. The molecule has 0 heterocycles. The van der Waals surface area contributed by atoms with Crippen LogP contribution < -0.4 is 5.32 Å². The molecule has 0 unspecified atom stereocenters. The molecule has 0 saturated heterocycles. The molecule has 0 aliphatic heterocycles. The van der Waals surface area contributed by atoms with Gasteiger partial charge in [0.25, 0.3) is 0 Å². The Balaban J connectivity index is 1.98. The minimum absolute atomic E-state index is 0.0170. The van der Waals surface area contributed by atoms with Crippen LogP contribution in [0.1, 0.15) is 43.9 Å². The van der Waals surface area contributed by atoms with Gasteiger partial charge in [0.15, 0.2) is 0 Å². The highest BCUT2D eigenvalue weighted by Crippen LogP contribution is 2.16. The maximum absolute atomic E-state index is 13.0. The van der Waals surface area contributed by atoms with Crippen molar-refractivity contribution in [2.24, 2.45) is 5.92 Å². The predicted molar refractivity (Wildman–Crippen MR) is 126 cm³/mol. The number of nitrogens with zero attached hydrogens (tertiary/aromatic N) is 1. The number of amides is 2. The maximum atomic E-state index is 13.0. The third-order valence-electron chi connectivity index (χ3n) is 4.90. The third kappa shape index (κ3) is 8.23. The van der Waals surface area contributed by atoms with Crippen molar-refractivity contribution < 1.29 is 9.59 Å². The van der Waals surface area contributed by atoms with Crippen molar-refractivity contribution >= 4 is 23.6 Å². The zero-order valence-electron chi connectivity index (χ0n) is 18.6. The fraction of sp³-hybridized carbons (Fsp3) is 0.440. The van der Waals surface area contributed by atoms with E-state index in [2.05, 4.69) is 31.3 Å². The highest BCUT2D eigenvalue weighted by molar-refractivity contribution is 7.98. The van der Waals surface area contributed by atoms with E-state index < -0.39 is 6.04 Å². The van der Waals surface area contributed by atoms with Crippen molar-refractivity contribution in [3.05, 3.63) is 71.3 Å². The molecule has 2 rings (SSSR count). The number of aryl methyl sites for hydroxylation is 1. The lowest BCUT2D eigenvalue weighted by atomic mass is 10.1. The molecule has 1 atom stereocenters. The minimum Gasteiger partial charge on any atom is -0.354 e. The average Bonchev–Trinajstić information content (AvgIpc) is 2.74. The van der Waals surface area contributed by atoms with Crippen LogP contribution in [0.3, 0.4) is 0 Å². The SMILES string of the molecule is Cc1ccc(CN(C(=O)CCSCc2ccccc2)[C@H](C)C(=O)NCC(C)C)cc1. The van der Waals surface area contributed by atoms with Gasteiger partial charge in [-0.2, -0.15) is 11.8 Å². The number of hydrogen-bond acceptors (Lipinski definition) is 3. The van der Waals surface area contributed by atoms with Gasteiger partial charge < -0.3 is 10.2 Å². The van der Waals surface area contributed by atoms with Gasteiger partial charge in [0.1, 0.15) is 6.04 Å². The van der Waals surface area contributed by atoms with Crippen LogP contribution in [0.5, 0.6) is 0 Å². The van der Waals surface area contributed by atoms with Gasteiger partial charge in [-0.3, -0.25) is 9.59 Å². The molecule has 162 valence electrons. The summed E-state index contributed by atoms with van der Waals surface area (Å²) in [6.07, 6.45) is 0.422. The van der Waals surface area contributed by atoms with E-state index in [1.54, 1.807) is 16.7 Å². The number of benzene rings is 2. The van der Waals surface area contributed by atoms with Crippen molar-refractivity contribution in [1.29, 1.82) is 0 Å². The number of nitrogens with one attached hydrogen (secondary N) is 1. The maximum Gasteiger partial charge on any atom is 0.242 e. The number of carbonyl (C=O) groups excluding carboxylic acids is 2. The zero-order chi connectivity index (χ0) is 21.9. The van der Waals surface area contributed by atoms with Crippen LogP contribution >= 0.6 is 11.8 Å². The zero-order valence-corrected chi connectivity index (χ0v) is 19.4. The molecule has 0 aromatic heterocycles. The fourth-order valence-electron chi connectivity index (χ4n) is 2.99. The molecule has 30 heavy (non-hydrogen) atoms.